The molecule has 1 aromatic heterocycles. The fraction of sp³-hybridized carbons (Fsp3) is 0.167. The van der Waals surface area contributed by atoms with Crippen LogP contribution in [0.15, 0.2) is 16.7 Å². The molecular weight excluding hydrogens is 201 g/mol. The van der Waals surface area contributed by atoms with Crippen molar-refractivity contribution in [3.8, 4) is 0 Å². The second kappa shape index (κ2) is 2.54. The maximum Gasteiger partial charge on any atom is 0.226 e. The van der Waals surface area contributed by atoms with E-state index in [9.17, 15) is 9.60 Å². The summed E-state index contributed by atoms with van der Waals surface area (Å²) in [4.78, 5) is 0. The molecular formula is C6H5BrFNO. The van der Waals surface area contributed by atoms with Crippen LogP contribution in [-0.2, 0) is 0 Å². The first-order chi connectivity index (χ1) is 4.63. The topological polar surface area (TPSA) is 26.9 Å². The van der Waals surface area contributed by atoms with Gasteiger partial charge in [-0.3, -0.25) is 0 Å². The lowest BCUT2D eigenvalue weighted by molar-refractivity contribution is -0.614. The first kappa shape index (κ1) is 7.47. The minimum Gasteiger partial charge on any atom is -0.618 e. The van der Waals surface area contributed by atoms with E-state index in [1.165, 1.54) is 19.2 Å². The molecule has 0 aromatic carbocycles. The third-order valence-electron chi connectivity index (χ3n) is 1.21. The molecule has 1 aromatic rings. The highest BCUT2D eigenvalue weighted by Crippen LogP contribution is 2.14. The lowest BCUT2D eigenvalue weighted by atomic mass is 10.4. The molecule has 0 atom stereocenters. The Morgan fingerprint density at radius 2 is 2.30 bits per heavy atom. The van der Waals surface area contributed by atoms with Crippen LogP contribution < -0.4 is 4.73 Å². The molecule has 4 heteroatoms. The van der Waals surface area contributed by atoms with Crippen molar-refractivity contribution in [2.24, 2.45) is 0 Å². The average Bonchev–Trinajstić information content (AvgIpc) is 1.93. The van der Waals surface area contributed by atoms with Crippen LogP contribution in [0.2, 0.25) is 0 Å². The predicted octanol–water partition coefficient (Wildman–Crippen LogP) is 1.53. The summed E-state index contributed by atoms with van der Waals surface area (Å²) < 4.78 is 13.5. The number of nitrogens with zero attached hydrogens (tertiary/aromatic N) is 1. The maximum atomic E-state index is 12.7. The fourth-order valence-corrected chi connectivity index (χ4v) is 0.993. The Morgan fingerprint density at radius 3 is 2.80 bits per heavy atom. The van der Waals surface area contributed by atoms with E-state index in [1.807, 2.05) is 0 Å². The van der Waals surface area contributed by atoms with E-state index in [2.05, 4.69) is 15.9 Å². The quantitative estimate of drug-likeness (QED) is 0.467. The molecule has 0 bridgehead atoms. The molecule has 10 heavy (non-hydrogen) atoms. The van der Waals surface area contributed by atoms with Gasteiger partial charge >= 0.3 is 0 Å². The zero-order chi connectivity index (χ0) is 7.72. The van der Waals surface area contributed by atoms with Crippen molar-refractivity contribution in [2.45, 2.75) is 6.92 Å². The third kappa shape index (κ3) is 1.11. The van der Waals surface area contributed by atoms with Crippen molar-refractivity contribution in [3.05, 3.63) is 33.5 Å². The van der Waals surface area contributed by atoms with Crippen molar-refractivity contribution < 1.29 is 9.12 Å². The number of hydrogen-bond acceptors (Lipinski definition) is 1. The Hall–Kier alpha value is -0.640. The molecule has 0 spiro atoms. The monoisotopic (exact) mass is 205 g/mol. The summed E-state index contributed by atoms with van der Waals surface area (Å²) in [5, 5.41) is 10.6. The lowest BCUT2D eigenvalue weighted by Crippen LogP contribution is -2.30. The van der Waals surface area contributed by atoms with Crippen LogP contribution in [0.5, 0.6) is 0 Å². The number of aromatic nitrogens is 1. The van der Waals surface area contributed by atoms with Crippen LogP contribution in [0.4, 0.5) is 4.39 Å². The Labute approximate surface area is 66.0 Å². The van der Waals surface area contributed by atoms with Gasteiger partial charge in [-0.25, -0.2) is 0 Å². The molecule has 54 valence electrons. The SMILES string of the molecule is Cc1c(F)c(Br)cc[n+]1[O-]. The molecule has 0 saturated carbocycles. The molecule has 1 heterocycles. The highest BCUT2D eigenvalue weighted by Gasteiger charge is 2.09. The second-order valence-electron chi connectivity index (χ2n) is 1.89. The molecule has 0 saturated heterocycles. The molecule has 0 aliphatic heterocycles. The second-order valence-corrected chi connectivity index (χ2v) is 2.74. The number of hydrogen-bond donors (Lipinski definition) is 0. The Bertz CT molecular complexity index is 237. The van der Waals surface area contributed by atoms with Crippen LogP contribution in [-0.4, -0.2) is 0 Å². The zero-order valence-corrected chi connectivity index (χ0v) is 6.85. The molecule has 0 N–H and O–H groups in total. The van der Waals surface area contributed by atoms with Gasteiger partial charge in [-0.2, -0.15) is 9.12 Å². The van der Waals surface area contributed by atoms with Crippen LogP contribution in [0, 0.1) is 17.9 Å². The summed E-state index contributed by atoms with van der Waals surface area (Å²) in [5.41, 5.74) is 0.0781. The van der Waals surface area contributed by atoms with Gasteiger partial charge < -0.3 is 5.21 Å². The van der Waals surface area contributed by atoms with Crippen LogP contribution in [0.25, 0.3) is 0 Å². The van der Waals surface area contributed by atoms with Gasteiger partial charge in [0.2, 0.25) is 11.5 Å². The first-order valence-electron chi connectivity index (χ1n) is 2.66. The summed E-state index contributed by atoms with van der Waals surface area (Å²) in [6, 6.07) is 1.37. The van der Waals surface area contributed by atoms with Crippen molar-refractivity contribution >= 4 is 15.9 Å². The van der Waals surface area contributed by atoms with Gasteiger partial charge in [0.15, 0.2) is 6.20 Å². The summed E-state index contributed by atoms with van der Waals surface area (Å²) in [5.74, 6) is -0.502. The lowest BCUT2D eigenvalue weighted by Gasteiger charge is -2.00. The normalized spacial score (nSPS) is 9.90. The smallest absolute Gasteiger partial charge is 0.226 e. The highest BCUT2D eigenvalue weighted by molar-refractivity contribution is 9.10. The van der Waals surface area contributed by atoms with Gasteiger partial charge in [0.05, 0.1) is 4.47 Å². The van der Waals surface area contributed by atoms with E-state index in [1.54, 1.807) is 0 Å². The predicted molar refractivity (Wildman–Crippen MR) is 37.8 cm³/mol. The standard InChI is InChI=1S/C6H5BrFNO/c1-4-6(8)5(7)2-3-9(4)10/h2-3H,1H3. The van der Waals surface area contributed by atoms with Crippen molar-refractivity contribution in [1.82, 2.24) is 0 Å². The molecule has 0 radical (unpaired) electrons. The number of halogens is 2. The molecule has 1 rings (SSSR count). The zero-order valence-electron chi connectivity index (χ0n) is 5.27. The van der Waals surface area contributed by atoms with Crippen molar-refractivity contribution in [1.29, 1.82) is 0 Å². The Balaban J connectivity index is 3.34. The van der Waals surface area contributed by atoms with Gasteiger partial charge in [0.1, 0.15) is 0 Å². The highest BCUT2D eigenvalue weighted by atomic mass is 79.9. The number of pyridine rings is 1. The molecule has 2 nitrogen and oxygen atoms in total. The van der Waals surface area contributed by atoms with Gasteiger partial charge in [0, 0.05) is 13.0 Å². The van der Waals surface area contributed by atoms with Gasteiger partial charge in [-0.05, 0) is 15.9 Å². The van der Waals surface area contributed by atoms with E-state index < -0.39 is 5.82 Å². The average molecular weight is 206 g/mol. The molecule has 0 unspecified atom stereocenters. The summed E-state index contributed by atoms with van der Waals surface area (Å²) in [7, 11) is 0. The first-order valence-corrected chi connectivity index (χ1v) is 3.46. The van der Waals surface area contributed by atoms with Gasteiger partial charge in [-0.1, -0.05) is 0 Å². The summed E-state index contributed by atoms with van der Waals surface area (Å²) >= 11 is 2.95. The van der Waals surface area contributed by atoms with E-state index in [0.717, 1.165) is 0 Å². The van der Waals surface area contributed by atoms with E-state index in [-0.39, 0.29) is 5.69 Å². The molecule has 0 amide bonds. The van der Waals surface area contributed by atoms with Crippen LogP contribution >= 0.6 is 15.9 Å². The van der Waals surface area contributed by atoms with Gasteiger partial charge in [0.25, 0.3) is 0 Å². The van der Waals surface area contributed by atoms with Gasteiger partial charge in [-0.15, -0.1) is 0 Å². The molecule has 0 aliphatic rings. The van der Waals surface area contributed by atoms with Crippen molar-refractivity contribution in [3.63, 3.8) is 0 Å². The maximum absolute atomic E-state index is 12.7. The Kier molecular flexibility index (Phi) is 1.89. The van der Waals surface area contributed by atoms with Crippen LogP contribution in [0.1, 0.15) is 5.69 Å². The molecule has 0 fully saturated rings. The number of rotatable bonds is 0. The van der Waals surface area contributed by atoms with E-state index in [4.69, 9.17) is 0 Å². The molecule has 0 aliphatic carbocycles. The van der Waals surface area contributed by atoms with E-state index in [0.29, 0.717) is 9.20 Å². The summed E-state index contributed by atoms with van der Waals surface area (Å²) in [6.07, 6.45) is 1.25. The largest absolute Gasteiger partial charge is 0.618 e. The van der Waals surface area contributed by atoms with E-state index >= 15 is 0 Å². The summed E-state index contributed by atoms with van der Waals surface area (Å²) in [6.45, 7) is 1.42. The fourth-order valence-electron chi connectivity index (χ4n) is 0.588. The minimum absolute atomic E-state index is 0.0781. The third-order valence-corrected chi connectivity index (χ3v) is 1.83. The van der Waals surface area contributed by atoms with Crippen LogP contribution in [0.3, 0.4) is 0 Å². The minimum atomic E-state index is -0.502. The Morgan fingerprint density at radius 1 is 1.70 bits per heavy atom. The van der Waals surface area contributed by atoms with Crippen molar-refractivity contribution in [2.75, 3.05) is 0 Å².